The molecule has 1 amide bonds. The predicted octanol–water partition coefficient (Wildman–Crippen LogP) is 5.15. The molecule has 0 saturated carbocycles. The van der Waals surface area contributed by atoms with Crippen LogP contribution in [0.25, 0.3) is 0 Å². The number of rotatable bonds is 6. The largest absolute Gasteiger partial charge is 0.487 e. The Morgan fingerprint density at radius 3 is 2.43 bits per heavy atom. The van der Waals surface area contributed by atoms with Crippen LogP contribution in [-0.4, -0.2) is 32.6 Å². The first-order valence-electron chi connectivity index (χ1n) is 12.7. The number of para-hydroxylation sites is 1. The van der Waals surface area contributed by atoms with E-state index in [1.807, 2.05) is 37.3 Å². The van der Waals surface area contributed by atoms with E-state index >= 15 is 0 Å². The van der Waals surface area contributed by atoms with Crippen molar-refractivity contribution in [3.8, 4) is 11.5 Å². The fraction of sp³-hybridized carbons (Fsp3) is 0.345. The molecule has 2 aliphatic rings. The minimum absolute atomic E-state index is 0.128. The molecular formula is C29H32N2O5S. The zero-order chi connectivity index (χ0) is 26.2. The van der Waals surface area contributed by atoms with Gasteiger partial charge >= 0.3 is 0 Å². The quantitative estimate of drug-likeness (QED) is 0.486. The van der Waals surface area contributed by atoms with Crippen LogP contribution in [0.1, 0.15) is 50.3 Å². The molecule has 0 saturated heterocycles. The molecule has 0 unspecified atom stereocenters. The summed E-state index contributed by atoms with van der Waals surface area (Å²) in [5, 5.41) is 3.16. The highest BCUT2D eigenvalue weighted by atomic mass is 32.2. The highest BCUT2D eigenvalue weighted by Crippen LogP contribution is 2.43. The van der Waals surface area contributed by atoms with Gasteiger partial charge in [-0.05, 0) is 55.7 Å². The van der Waals surface area contributed by atoms with Gasteiger partial charge in [0.25, 0.3) is 15.9 Å². The average Bonchev–Trinajstić information content (AvgIpc) is 2.92. The third-order valence-corrected chi connectivity index (χ3v) is 9.20. The standard InChI is InChI=1S/C29H32N2O5S/c1-4-29(5-2)18-23(22-13-9-10-14-25(22)36-29)30-28(32)27-19-31(24-17-20(3)15-16-26(24)35-27)37(33,34)21-11-7-6-8-12-21/h6-17,23,27H,4-5,18-19H2,1-3H3,(H,30,32)/t23-,27+/m0/s1. The molecule has 0 aromatic heterocycles. The van der Waals surface area contributed by atoms with Crippen molar-refractivity contribution in [2.75, 3.05) is 10.8 Å². The number of nitrogens with one attached hydrogen (secondary N) is 1. The maximum atomic E-state index is 13.7. The maximum Gasteiger partial charge on any atom is 0.264 e. The van der Waals surface area contributed by atoms with Crippen molar-refractivity contribution in [3.05, 3.63) is 83.9 Å². The lowest BCUT2D eigenvalue weighted by molar-refractivity contribution is -0.129. The Balaban J connectivity index is 1.47. The zero-order valence-corrected chi connectivity index (χ0v) is 22.1. The van der Waals surface area contributed by atoms with Gasteiger partial charge in [-0.1, -0.05) is 56.3 Å². The summed E-state index contributed by atoms with van der Waals surface area (Å²) in [6, 6.07) is 21.1. The fourth-order valence-corrected chi connectivity index (χ4v) is 6.63. The number of hydrogen-bond donors (Lipinski definition) is 1. The van der Waals surface area contributed by atoms with Crippen LogP contribution in [0.3, 0.4) is 0 Å². The lowest BCUT2D eigenvalue weighted by Gasteiger charge is -2.42. The third kappa shape index (κ3) is 4.66. The van der Waals surface area contributed by atoms with Crippen molar-refractivity contribution < 1.29 is 22.7 Å². The van der Waals surface area contributed by atoms with E-state index in [1.54, 1.807) is 42.5 Å². The summed E-state index contributed by atoms with van der Waals surface area (Å²) in [6.07, 6.45) is 1.22. The van der Waals surface area contributed by atoms with Gasteiger partial charge in [-0.3, -0.25) is 9.10 Å². The molecule has 0 radical (unpaired) electrons. The SMILES string of the molecule is CCC1(CC)C[C@H](NC(=O)[C@H]2CN(S(=O)(=O)c3ccccc3)c3cc(C)ccc3O2)c2ccccc2O1. The summed E-state index contributed by atoms with van der Waals surface area (Å²) in [4.78, 5) is 13.8. The van der Waals surface area contributed by atoms with Crippen molar-refractivity contribution in [2.24, 2.45) is 0 Å². The monoisotopic (exact) mass is 520 g/mol. The highest BCUT2D eigenvalue weighted by molar-refractivity contribution is 7.92. The lowest BCUT2D eigenvalue weighted by Crippen LogP contribution is -2.52. The van der Waals surface area contributed by atoms with Crippen LogP contribution >= 0.6 is 0 Å². The van der Waals surface area contributed by atoms with Crippen molar-refractivity contribution in [1.29, 1.82) is 0 Å². The second-order valence-electron chi connectivity index (χ2n) is 9.72. The number of carbonyl (C=O) groups excluding carboxylic acids is 1. The molecule has 3 aromatic rings. The Labute approximate surface area is 218 Å². The van der Waals surface area contributed by atoms with Gasteiger partial charge in [0.15, 0.2) is 6.10 Å². The van der Waals surface area contributed by atoms with Gasteiger partial charge in [0.05, 0.1) is 23.2 Å². The molecule has 7 nitrogen and oxygen atoms in total. The number of aryl methyl sites for hydroxylation is 1. The van der Waals surface area contributed by atoms with Gasteiger partial charge in [-0.2, -0.15) is 0 Å². The van der Waals surface area contributed by atoms with Crippen LogP contribution in [0.5, 0.6) is 11.5 Å². The molecule has 0 aliphatic carbocycles. The summed E-state index contributed by atoms with van der Waals surface area (Å²) in [7, 11) is -3.91. The molecular weight excluding hydrogens is 488 g/mol. The van der Waals surface area contributed by atoms with Gasteiger partial charge in [0, 0.05) is 12.0 Å². The number of fused-ring (bicyclic) bond motifs is 2. The minimum Gasteiger partial charge on any atom is -0.487 e. The Hall–Kier alpha value is -3.52. The van der Waals surface area contributed by atoms with E-state index in [-0.39, 0.29) is 29.0 Å². The number of benzene rings is 3. The van der Waals surface area contributed by atoms with E-state index in [1.165, 1.54) is 4.31 Å². The number of ether oxygens (including phenoxy) is 2. The van der Waals surface area contributed by atoms with Gasteiger partial charge < -0.3 is 14.8 Å². The summed E-state index contributed by atoms with van der Waals surface area (Å²) in [5.41, 5.74) is 1.86. The van der Waals surface area contributed by atoms with E-state index in [9.17, 15) is 13.2 Å². The van der Waals surface area contributed by atoms with Gasteiger partial charge in [-0.15, -0.1) is 0 Å². The first kappa shape index (κ1) is 25.1. The van der Waals surface area contributed by atoms with Gasteiger partial charge in [0.2, 0.25) is 0 Å². The van der Waals surface area contributed by atoms with Crippen LogP contribution in [0.4, 0.5) is 5.69 Å². The predicted molar refractivity (Wildman–Crippen MR) is 142 cm³/mol. The number of sulfonamides is 1. The van der Waals surface area contributed by atoms with E-state index in [0.29, 0.717) is 17.9 Å². The van der Waals surface area contributed by atoms with Gasteiger partial charge in [0.1, 0.15) is 17.1 Å². The third-order valence-electron chi connectivity index (χ3n) is 7.41. The van der Waals surface area contributed by atoms with Crippen LogP contribution in [0.15, 0.2) is 77.7 Å². The number of nitrogens with zero attached hydrogens (tertiary/aromatic N) is 1. The summed E-state index contributed by atoms with van der Waals surface area (Å²) in [6.45, 7) is 5.94. The Bertz CT molecular complexity index is 1400. The first-order chi connectivity index (χ1) is 17.8. The summed E-state index contributed by atoms with van der Waals surface area (Å²) in [5.74, 6) is 0.768. The molecule has 0 bridgehead atoms. The smallest absolute Gasteiger partial charge is 0.264 e. The van der Waals surface area contributed by atoms with Crippen LogP contribution in [0, 0.1) is 6.92 Å². The van der Waals surface area contributed by atoms with Crippen LogP contribution in [-0.2, 0) is 14.8 Å². The van der Waals surface area contributed by atoms with E-state index in [2.05, 4.69) is 19.2 Å². The van der Waals surface area contributed by atoms with Crippen molar-refractivity contribution >= 4 is 21.6 Å². The normalized spacial score (nSPS) is 20.1. The molecule has 0 spiro atoms. The van der Waals surface area contributed by atoms with Gasteiger partial charge in [-0.25, -0.2) is 8.42 Å². The summed E-state index contributed by atoms with van der Waals surface area (Å²) < 4.78 is 41.1. The minimum atomic E-state index is -3.91. The lowest BCUT2D eigenvalue weighted by atomic mass is 9.83. The molecule has 37 heavy (non-hydrogen) atoms. The van der Waals surface area contributed by atoms with Crippen LogP contribution < -0.4 is 19.1 Å². The van der Waals surface area contributed by atoms with Crippen LogP contribution in [0.2, 0.25) is 0 Å². The topological polar surface area (TPSA) is 84.9 Å². The molecule has 3 aromatic carbocycles. The Morgan fingerprint density at radius 2 is 1.70 bits per heavy atom. The highest BCUT2D eigenvalue weighted by Gasteiger charge is 2.42. The number of amides is 1. The molecule has 5 rings (SSSR count). The molecule has 194 valence electrons. The fourth-order valence-electron chi connectivity index (χ4n) is 5.14. The van der Waals surface area contributed by atoms with Crippen molar-refractivity contribution in [2.45, 2.75) is 62.7 Å². The number of anilines is 1. The molecule has 1 N–H and O–H groups in total. The second kappa shape index (κ2) is 9.74. The maximum absolute atomic E-state index is 13.7. The molecule has 8 heteroatoms. The van der Waals surface area contributed by atoms with E-state index in [0.717, 1.165) is 29.7 Å². The molecule has 2 heterocycles. The Kier molecular flexibility index (Phi) is 6.62. The number of hydrogen-bond acceptors (Lipinski definition) is 5. The van der Waals surface area contributed by atoms with Crippen molar-refractivity contribution in [3.63, 3.8) is 0 Å². The van der Waals surface area contributed by atoms with Crippen molar-refractivity contribution in [1.82, 2.24) is 5.32 Å². The molecule has 2 atom stereocenters. The zero-order valence-electron chi connectivity index (χ0n) is 21.3. The number of carbonyl (C=O) groups is 1. The first-order valence-corrected chi connectivity index (χ1v) is 14.1. The Morgan fingerprint density at radius 1 is 1.00 bits per heavy atom. The summed E-state index contributed by atoms with van der Waals surface area (Å²) >= 11 is 0. The van der Waals surface area contributed by atoms with E-state index < -0.39 is 16.1 Å². The second-order valence-corrected chi connectivity index (χ2v) is 11.6. The molecule has 0 fully saturated rings. The van der Waals surface area contributed by atoms with E-state index in [4.69, 9.17) is 9.47 Å². The molecule has 2 aliphatic heterocycles. The average molecular weight is 521 g/mol.